The van der Waals surface area contributed by atoms with Crippen LogP contribution in [-0.4, -0.2) is 6.61 Å². The van der Waals surface area contributed by atoms with Crippen LogP contribution >= 0.6 is 0 Å². The quantitative estimate of drug-likeness (QED) is 0.636. The smallest absolute Gasteiger partial charge is 0.0719 e. The first-order valence-corrected chi connectivity index (χ1v) is 4.63. The van der Waals surface area contributed by atoms with Gasteiger partial charge in [0, 0.05) is 0 Å². The minimum atomic E-state index is 0.770. The van der Waals surface area contributed by atoms with Crippen LogP contribution in [-0.2, 0) is 17.8 Å². The van der Waals surface area contributed by atoms with Gasteiger partial charge < -0.3 is 4.74 Å². The van der Waals surface area contributed by atoms with Crippen molar-refractivity contribution in [2.45, 2.75) is 20.0 Å². The van der Waals surface area contributed by atoms with E-state index in [0.717, 1.165) is 25.2 Å². The summed E-state index contributed by atoms with van der Waals surface area (Å²) in [5.74, 6) is 0. The Labute approximate surface area is 79.0 Å². The molecule has 0 saturated heterocycles. The van der Waals surface area contributed by atoms with Crippen LogP contribution in [0.2, 0.25) is 0 Å². The summed E-state index contributed by atoms with van der Waals surface area (Å²) in [4.78, 5) is 0. The van der Waals surface area contributed by atoms with Crippen molar-refractivity contribution in [1.82, 2.24) is 0 Å². The maximum absolute atomic E-state index is 5.37. The molecule has 0 fully saturated rings. The first-order valence-electron chi connectivity index (χ1n) is 4.63. The van der Waals surface area contributed by atoms with Gasteiger partial charge in [-0.25, -0.2) is 0 Å². The van der Waals surface area contributed by atoms with Crippen molar-refractivity contribution in [3.8, 4) is 0 Å². The highest BCUT2D eigenvalue weighted by Crippen LogP contribution is 2.21. The summed E-state index contributed by atoms with van der Waals surface area (Å²) >= 11 is 0. The third-order valence-corrected chi connectivity index (χ3v) is 2.47. The van der Waals surface area contributed by atoms with Gasteiger partial charge in [-0.15, -0.1) is 0 Å². The van der Waals surface area contributed by atoms with Crippen LogP contribution in [0.1, 0.15) is 23.6 Å². The van der Waals surface area contributed by atoms with Gasteiger partial charge in [-0.05, 0) is 30.0 Å². The normalized spacial score (nSPS) is 15.2. The lowest BCUT2D eigenvalue weighted by Crippen LogP contribution is -2.09. The monoisotopic (exact) mass is 174 g/mol. The molecule has 0 atom stereocenters. The van der Waals surface area contributed by atoms with Crippen molar-refractivity contribution in [2.75, 3.05) is 6.61 Å². The summed E-state index contributed by atoms with van der Waals surface area (Å²) in [7, 11) is 0. The van der Waals surface area contributed by atoms with Crippen LogP contribution in [0.25, 0.3) is 5.57 Å². The summed E-state index contributed by atoms with van der Waals surface area (Å²) < 4.78 is 5.37. The number of ether oxygens (including phenoxy) is 1. The predicted octanol–water partition coefficient (Wildman–Crippen LogP) is 2.79. The van der Waals surface area contributed by atoms with E-state index in [4.69, 9.17) is 4.74 Å². The van der Waals surface area contributed by atoms with E-state index in [0.29, 0.717) is 0 Å². The van der Waals surface area contributed by atoms with E-state index < -0.39 is 0 Å². The Morgan fingerprint density at radius 1 is 1.38 bits per heavy atom. The molecule has 0 amide bonds. The minimum Gasteiger partial charge on any atom is -0.376 e. The third kappa shape index (κ3) is 1.65. The second-order valence-electron chi connectivity index (χ2n) is 3.57. The molecular formula is C12H14O. The maximum Gasteiger partial charge on any atom is 0.0719 e. The van der Waals surface area contributed by atoms with Gasteiger partial charge >= 0.3 is 0 Å². The van der Waals surface area contributed by atoms with Crippen LogP contribution in [0.5, 0.6) is 0 Å². The fraction of sp³-hybridized carbons (Fsp3) is 0.333. The first-order chi connectivity index (χ1) is 6.27. The van der Waals surface area contributed by atoms with Crippen LogP contribution < -0.4 is 0 Å². The molecule has 1 aromatic carbocycles. The van der Waals surface area contributed by atoms with Gasteiger partial charge in [-0.3, -0.25) is 0 Å². The van der Waals surface area contributed by atoms with Crippen molar-refractivity contribution in [1.29, 1.82) is 0 Å². The Morgan fingerprint density at radius 2 is 2.23 bits per heavy atom. The van der Waals surface area contributed by atoms with Crippen LogP contribution in [0.15, 0.2) is 24.8 Å². The summed E-state index contributed by atoms with van der Waals surface area (Å²) in [6.07, 6.45) is 1.04. The molecule has 1 aliphatic rings. The Bertz CT molecular complexity index is 339. The summed E-state index contributed by atoms with van der Waals surface area (Å²) in [6.45, 7) is 7.61. The lowest BCUT2D eigenvalue weighted by molar-refractivity contribution is 0.111. The van der Waals surface area contributed by atoms with E-state index in [1.807, 2.05) is 6.92 Å². The molecule has 0 N–H and O–H groups in total. The summed E-state index contributed by atoms with van der Waals surface area (Å²) in [5, 5.41) is 0. The fourth-order valence-electron chi connectivity index (χ4n) is 1.63. The number of hydrogen-bond donors (Lipinski definition) is 0. The average molecular weight is 174 g/mol. The van der Waals surface area contributed by atoms with Crippen LogP contribution in [0.4, 0.5) is 0 Å². The van der Waals surface area contributed by atoms with Crippen molar-refractivity contribution in [3.05, 3.63) is 41.5 Å². The number of allylic oxidation sites excluding steroid dienone is 1. The second-order valence-corrected chi connectivity index (χ2v) is 3.57. The van der Waals surface area contributed by atoms with Gasteiger partial charge in [0.1, 0.15) is 0 Å². The summed E-state index contributed by atoms with van der Waals surface area (Å²) in [6, 6.07) is 6.51. The zero-order chi connectivity index (χ0) is 9.26. The SMILES string of the molecule is C=C(C)c1ccc2c(c1)CCOC2. The van der Waals surface area contributed by atoms with Gasteiger partial charge in [0.25, 0.3) is 0 Å². The molecular weight excluding hydrogens is 160 g/mol. The van der Waals surface area contributed by atoms with Crippen molar-refractivity contribution in [3.63, 3.8) is 0 Å². The molecule has 0 aliphatic carbocycles. The predicted molar refractivity (Wildman–Crippen MR) is 54.5 cm³/mol. The molecule has 0 spiro atoms. The van der Waals surface area contributed by atoms with E-state index in [-0.39, 0.29) is 0 Å². The molecule has 13 heavy (non-hydrogen) atoms. The van der Waals surface area contributed by atoms with Gasteiger partial charge in [0.05, 0.1) is 13.2 Å². The molecule has 1 heterocycles. The van der Waals surface area contributed by atoms with Gasteiger partial charge in [-0.1, -0.05) is 30.4 Å². The average Bonchev–Trinajstić information content (AvgIpc) is 2.17. The van der Waals surface area contributed by atoms with E-state index in [1.165, 1.54) is 16.7 Å². The molecule has 1 heteroatoms. The molecule has 0 unspecified atom stereocenters. The van der Waals surface area contributed by atoms with Gasteiger partial charge in [-0.2, -0.15) is 0 Å². The Balaban J connectivity index is 2.40. The van der Waals surface area contributed by atoms with Crippen molar-refractivity contribution < 1.29 is 4.74 Å². The lowest BCUT2D eigenvalue weighted by Gasteiger charge is -2.17. The highest BCUT2D eigenvalue weighted by molar-refractivity contribution is 5.62. The summed E-state index contributed by atoms with van der Waals surface area (Å²) in [5.41, 5.74) is 5.14. The molecule has 2 rings (SSSR count). The fourth-order valence-corrected chi connectivity index (χ4v) is 1.63. The highest BCUT2D eigenvalue weighted by atomic mass is 16.5. The molecule has 0 bridgehead atoms. The standard InChI is InChI=1S/C12H14O/c1-9(2)10-3-4-12-8-13-6-5-11(12)7-10/h3-4,7H,1,5-6,8H2,2H3. The molecule has 1 aliphatic heterocycles. The molecule has 0 radical (unpaired) electrons. The zero-order valence-electron chi connectivity index (χ0n) is 7.97. The third-order valence-electron chi connectivity index (χ3n) is 2.47. The number of rotatable bonds is 1. The number of hydrogen-bond acceptors (Lipinski definition) is 1. The maximum atomic E-state index is 5.37. The van der Waals surface area contributed by atoms with Gasteiger partial charge in [0.2, 0.25) is 0 Å². The van der Waals surface area contributed by atoms with Crippen LogP contribution in [0.3, 0.4) is 0 Å². The van der Waals surface area contributed by atoms with E-state index >= 15 is 0 Å². The largest absolute Gasteiger partial charge is 0.376 e. The molecule has 68 valence electrons. The Hall–Kier alpha value is -1.08. The molecule has 1 nitrogen and oxygen atoms in total. The zero-order valence-corrected chi connectivity index (χ0v) is 7.97. The minimum absolute atomic E-state index is 0.770. The van der Waals surface area contributed by atoms with Crippen molar-refractivity contribution in [2.24, 2.45) is 0 Å². The Kier molecular flexibility index (Phi) is 2.19. The topological polar surface area (TPSA) is 9.23 Å². The lowest BCUT2D eigenvalue weighted by atomic mass is 9.98. The Morgan fingerprint density at radius 3 is 3.00 bits per heavy atom. The first kappa shape index (κ1) is 8.52. The van der Waals surface area contributed by atoms with Gasteiger partial charge in [0.15, 0.2) is 0 Å². The molecule has 0 aromatic heterocycles. The van der Waals surface area contributed by atoms with E-state index in [1.54, 1.807) is 0 Å². The second kappa shape index (κ2) is 3.35. The highest BCUT2D eigenvalue weighted by Gasteiger charge is 2.09. The van der Waals surface area contributed by atoms with Crippen LogP contribution in [0, 0.1) is 0 Å². The number of fused-ring (bicyclic) bond motifs is 1. The molecule has 1 aromatic rings. The van der Waals surface area contributed by atoms with E-state index in [2.05, 4.69) is 24.8 Å². The van der Waals surface area contributed by atoms with E-state index in [9.17, 15) is 0 Å². The molecule has 0 saturated carbocycles. The number of benzene rings is 1. The van der Waals surface area contributed by atoms with Crippen molar-refractivity contribution >= 4 is 5.57 Å².